The highest BCUT2D eigenvalue weighted by Gasteiger charge is 2.11. The van der Waals surface area contributed by atoms with Crippen molar-refractivity contribution in [3.8, 4) is 22.8 Å². The third-order valence-electron chi connectivity index (χ3n) is 3.18. The summed E-state index contributed by atoms with van der Waals surface area (Å²) in [6, 6.07) is 8.70. The maximum atomic E-state index is 12.3. The van der Waals surface area contributed by atoms with Crippen LogP contribution in [0.1, 0.15) is 16.1 Å². The number of hydrogen-bond acceptors (Lipinski definition) is 5. The first-order valence-corrected chi connectivity index (χ1v) is 7.58. The van der Waals surface area contributed by atoms with Crippen LogP contribution in [-0.4, -0.2) is 15.9 Å². The van der Waals surface area contributed by atoms with E-state index in [1.807, 2.05) is 12.1 Å². The van der Waals surface area contributed by atoms with Crippen LogP contribution in [0, 0.1) is 12.3 Å². The lowest BCUT2D eigenvalue weighted by molar-refractivity contribution is 0.102. The molecule has 23 heavy (non-hydrogen) atoms. The van der Waals surface area contributed by atoms with E-state index in [0.717, 1.165) is 10.4 Å². The van der Waals surface area contributed by atoms with Crippen LogP contribution in [0.15, 0.2) is 48.2 Å². The fraction of sp³-hybridized carbons (Fsp3) is 0. The lowest BCUT2D eigenvalue weighted by Gasteiger charge is -2.09. The molecule has 1 amide bonds. The minimum absolute atomic E-state index is 0.270. The lowest BCUT2D eigenvalue weighted by Crippen LogP contribution is -2.14. The molecule has 3 rings (SSSR count). The van der Waals surface area contributed by atoms with E-state index in [4.69, 9.17) is 12.2 Å². The lowest BCUT2D eigenvalue weighted by atomic mass is 10.1. The summed E-state index contributed by atoms with van der Waals surface area (Å²) >= 11 is 1.51. The number of terminal acetylenes is 1. The first kappa shape index (κ1) is 14.8. The molecule has 2 heterocycles. The smallest absolute Gasteiger partial charge is 0.274 e. The van der Waals surface area contributed by atoms with Gasteiger partial charge in [0.05, 0.1) is 21.8 Å². The Labute approximate surface area is 137 Å². The Morgan fingerprint density at radius 2 is 2.13 bits per heavy atom. The summed E-state index contributed by atoms with van der Waals surface area (Å²) in [6.07, 6.45) is 8.52. The number of rotatable bonds is 3. The van der Waals surface area contributed by atoms with E-state index in [-0.39, 0.29) is 11.6 Å². The number of pyridine rings is 1. The van der Waals surface area contributed by atoms with Crippen LogP contribution in [0.25, 0.3) is 10.4 Å². The normalized spacial score (nSPS) is 10.0. The molecule has 0 radical (unpaired) electrons. The Balaban J connectivity index is 1.85. The van der Waals surface area contributed by atoms with Gasteiger partial charge in [-0.2, -0.15) is 0 Å². The van der Waals surface area contributed by atoms with Crippen molar-refractivity contribution < 1.29 is 4.79 Å². The minimum Gasteiger partial charge on any atom is -0.397 e. The number of amides is 1. The van der Waals surface area contributed by atoms with Crippen molar-refractivity contribution in [3.63, 3.8) is 0 Å². The molecule has 0 aliphatic heterocycles. The van der Waals surface area contributed by atoms with Crippen LogP contribution in [0.4, 0.5) is 11.4 Å². The third-order valence-corrected chi connectivity index (χ3v) is 4.00. The second-order valence-corrected chi connectivity index (χ2v) is 5.58. The second-order valence-electron chi connectivity index (χ2n) is 4.70. The Morgan fingerprint density at radius 1 is 1.26 bits per heavy atom. The molecule has 112 valence electrons. The van der Waals surface area contributed by atoms with Crippen molar-refractivity contribution in [1.29, 1.82) is 0 Å². The highest BCUT2D eigenvalue weighted by Crippen LogP contribution is 2.29. The summed E-state index contributed by atoms with van der Waals surface area (Å²) in [7, 11) is 0. The Bertz CT molecular complexity index is 880. The predicted octanol–water partition coefficient (Wildman–Crippen LogP) is 3.02. The SMILES string of the molecule is C#Cc1ccc(C(=O)Nc2cc(-c3cncs3)ccc2N)nc1. The van der Waals surface area contributed by atoms with Crippen LogP contribution >= 0.6 is 11.3 Å². The van der Waals surface area contributed by atoms with Crippen LogP contribution in [0.3, 0.4) is 0 Å². The molecule has 3 aromatic rings. The van der Waals surface area contributed by atoms with Crippen molar-refractivity contribution in [2.75, 3.05) is 11.1 Å². The van der Waals surface area contributed by atoms with Crippen LogP contribution in [-0.2, 0) is 0 Å². The molecule has 6 heteroatoms. The highest BCUT2D eigenvalue weighted by molar-refractivity contribution is 7.13. The Morgan fingerprint density at radius 3 is 2.78 bits per heavy atom. The Kier molecular flexibility index (Phi) is 4.04. The first-order chi connectivity index (χ1) is 11.2. The van der Waals surface area contributed by atoms with Crippen molar-refractivity contribution in [2.24, 2.45) is 0 Å². The number of thiazole rings is 1. The van der Waals surface area contributed by atoms with Crippen molar-refractivity contribution in [1.82, 2.24) is 9.97 Å². The topological polar surface area (TPSA) is 80.9 Å². The number of carbonyl (C=O) groups is 1. The average molecular weight is 320 g/mol. The van der Waals surface area contributed by atoms with Gasteiger partial charge in [0, 0.05) is 18.0 Å². The molecular weight excluding hydrogens is 308 g/mol. The fourth-order valence-corrected chi connectivity index (χ4v) is 2.60. The summed E-state index contributed by atoms with van der Waals surface area (Å²) in [5.41, 5.74) is 10.5. The largest absolute Gasteiger partial charge is 0.397 e. The molecule has 0 unspecified atom stereocenters. The fourth-order valence-electron chi connectivity index (χ4n) is 1.98. The third kappa shape index (κ3) is 3.20. The number of hydrogen-bond donors (Lipinski definition) is 2. The summed E-state index contributed by atoms with van der Waals surface area (Å²) < 4.78 is 0. The van der Waals surface area contributed by atoms with Crippen LogP contribution in [0.5, 0.6) is 0 Å². The quantitative estimate of drug-likeness (QED) is 0.574. The maximum absolute atomic E-state index is 12.3. The summed E-state index contributed by atoms with van der Waals surface area (Å²) in [5, 5.41) is 2.77. The van der Waals surface area contributed by atoms with Gasteiger partial charge in [0.15, 0.2) is 0 Å². The van der Waals surface area contributed by atoms with Gasteiger partial charge in [-0.1, -0.05) is 12.0 Å². The molecule has 3 N–H and O–H groups in total. The Hall–Kier alpha value is -3.17. The molecule has 5 nitrogen and oxygen atoms in total. The molecule has 0 bridgehead atoms. The number of carbonyl (C=O) groups excluding carboxylic acids is 1. The van der Waals surface area contributed by atoms with E-state index in [1.165, 1.54) is 17.5 Å². The van der Waals surface area contributed by atoms with Gasteiger partial charge in [0.1, 0.15) is 5.69 Å². The van der Waals surface area contributed by atoms with Crippen molar-refractivity contribution in [2.45, 2.75) is 0 Å². The van der Waals surface area contributed by atoms with Crippen LogP contribution < -0.4 is 11.1 Å². The molecule has 0 aliphatic carbocycles. The van der Waals surface area contributed by atoms with E-state index in [9.17, 15) is 4.79 Å². The van der Waals surface area contributed by atoms with Gasteiger partial charge < -0.3 is 11.1 Å². The second kappa shape index (κ2) is 6.30. The summed E-state index contributed by atoms with van der Waals surface area (Å²) in [5.74, 6) is 2.11. The molecule has 0 aliphatic rings. The zero-order valence-corrected chi connectivity index (χ0v) is 12.8. The zero-order valence-electron chi connectivity index (χ0n) is 12.0. The number of nitrogens with one attached hydrogen (secondary N) is 1. The first-order valence-electron chi connectivity index (χ1n) is 6.70. The monoisotopic (exact) mass is 320 g/mol. The molecule has 2 aromatic heterocycles. The van der Waals surface area contributed by atoms with Gasteiger partial charge >= 0.3 is 0 Å². The summed E-state index contributed by atoms with van der Waals surface area (Å²) in [6.45, 7) is 0. The number of aromatic nitrogens is 2. The number of nitrogen functional groups attached to an aromatic ring is 1. The van der Waals surface area contributed by atoms with Crippen molar-refractivity contribution >= 4 is 28.6 Å². The van der Waals surface area contributed by atoms with Gasteiger partial charge in [-0.05, 0) is 29.8 Å². The molecular formula is C17H12N4OS. The molecule has 0 saturated heterocycles. The van der Waals surface area contributed by atoms with Gasteiger partial charge in [0.25, 0.3) is 5.91 Å². The summed E-state index contributed by atoms with van der Waals surface area (Å²) in [4.78, 5) is 21.4. The van der Waals surface area contributed by atoms with E-state index in [2.05, 4.69) is 21.2 Å². The number of benzene rings is 1. The molecule has 0 saturated carbocycles. The van der Waals surface area contributed by atoms with Crippen LogP contribution in [0.2, 0.25) is 0 Å². The average Bonchev–Trinajstić information content (AvgIpc) is 3.11. The van der Waals surface area contributed by atoms with Gasteiger partial charge in [-0.3, -0.25) is 9.78 Å². The highest BCUT2D eigenvalue weighted by atomic mass is 32.1. The standard InChI is InChI=1S/C17H12N4OS/c1-2-11-3-6-14(20-8-11)17(22)21-15-7-12(4-5-13(15)18)16-9-19-10-23-16/h1,3-10H,18H2,(H,21,22). The molecule has 1 aromatic carbocycles. The molecule has 0 spiro atoms. The maximum Gasteiger partial charge on any atom is 0.274 e. The number of anilines is 2. The zero-order chi connectivity index (χ0) is 16.2. The van der Waals surface area contributed by atoms with Crippen molar-refractivity contribution in [3.05, 3.63) is 59.5 Å². The number of nitrogens with two attached hydrogens (primary N) is 1. The molecule has 0 atom stereocenters. The number of nitrogens with zero attached hydrogens (tertiary/aromatic N) is 2. The minimum atomic E-state index is -0.346. The molecule has 0 fully saturated rings. The van der Waals surface area contributed by atoms with E-state index in [1.54, 1.807) is 29.9 Å². The van der Waals surface area contributed by atoms with E-state index >= 15 is 0 Å². The van der Waals surface area contributed by atoms with E-state index in [0.29, 0.717) is 16.9 Å². The van der Waals surface area contributed by atoms with Gasteiger partial charge in [-0.25, -0.2) is 4.98 Å². The van der Waals surface area contributed by atoms with Gasteiger partial charge in [-0.15, -0.1) is 17.8 Å². The van der Waals surface area contributed by atoms with Gasteiger partial charge in [0.2, 0.25) is 0 Å². The predicted molar refractivity (Wildman–Crippen MR) is 92.1 cm³/mol. The van der Waals surface area contributed by atoms with E-state index < -0.39 is 0 Å².